The van der Waals surface area contributed by atoms with Crippen LogP contribution in [0.2, 0.25) is 10.0 Å². The van der Waals surface area contributed by atoms with E-state index in [0.717, 1.165) is 5.56 Å². The summed E-state index contributed by atoms with van der Waals surface area (Å²) in [4.78, 5) is 12.8. The van der Waals surface area contributed by atoms with Crippen molar-refractivity contribution in [2.75, 3.05) is 13.7 Å². The SMILES string of the molecule is COCCn1c(S[C@H](C)C(=O)c2cccc(Cl)c2)nnc1-c1ccc(Cl)cc1. The Bertz CT molecular complexity index is 960. The number of thioether (sulfide) groups is 1. The Morgan fingerprint density at radius 3 is 2.57 bits per heavy atom. The number of halogens is 2. The van der Waals surface area contributed by atoms with E-state index in [-0.39, 0.29) is 11.0 Å². The van der Waals surface area contributed by atoms with Crippen molar-refractivity contribution in [3.63, 3.8) is 0 Å². The molecule has 28 heavy (non-hydrogen) atoms. The number of rotatable bonds is 8. The first-order chi connectivity index (χ1) is 13.5. The number of hydrogen-bond acceptors (Lipinski definition) is 5. The van der Waals surface area contributed by atoms with Crippen LogP contribution in [-0.2, 0) is 11.3 Å². The van der Waals surface area contributed by atoms with Crippen LogP contribution < -0.4 is 0 Å². The molecule has 0 aliphatic heterocycles. The summed E-state index contributed by atoms with van der Waals surface area (Å²) in [5.41, 5.74) is 1.47. The lowest BCUT2D eigenvalue weighted by Crippen LogP contribution is -2.15. The highest BCUT2D eigenvalue weighted by molar-refractivity contribution is 8.00. The molecule has 0 N–H and O–H groups in total. The average molecular weight is 436 g/mol. The summed E-state index contributed by atoms with van der Waals surface area (Å²) in [7, 11) is 1.64. The number of benzene rings is 2. The van der Waals surface area contributed by atoms with Gasteiger partial charge in [0, 0.05) is 28.3 Å². The van der Waals surface area contributed by atoms with Crippen molar-refractivity contribution < 1.29 is 9.53 Å². The molecule has 3 aromatic rings. The molecule has 8 heteroatoms. The molecule has 0 aliphatic rings. The lowest BCUT2D eigenvalue weighted by Gasteiger charge is -2.13. The second kappa shape index (κ2) is 9.56. The third kappa shape index (κ3) is 4.94. The van der Waals surface area contributed by atoms with E-state index in [4.69, 9.17) is 27.9 Å². The van der Waals surface area contributed by atoms with Crippen LogP contribution in [0.3, 0.4) is 0 Å². The summed E-state index contributed by atoms with van der Waals surface area (Å²) < 4.78 is 7.18. The van der Waals surface area contributed by atoms with E-state index in [1.54, 1.807) is 31.4 Å². The van der Waals surface area contributed by atoms with Crippen molar-refractivity contribution in [2.24, 2.45) is 0 Å². The van der Waals surface area contributed by atoms with Gasteiger partial charge in [-0.2, -0.15) is 0 Å². The molecule has 1 atom stereocenters. The number of carbonyl (C=O) groups excluding carboxylic acids is 1. The Morgan fingerprint density at radius 2 is 1.89 bits per heavy atom. The van der Waals surface area contributed by atoms with Gasteiger partial charge in [0.1, 0.15) is 0 Å². The number of ether oxygens (including phenoxy) is 1. The zero-order chi connectivity index (χ0) is 20.1. The molecule has 0 amide bonds. The zero-order valence-electron chi connectivity index (χ0n) is 15.4. The Hall–Kier alpha value is -1.86. The Kier molecular flexibility index (Phi) is 7.13. The maximum Gasteiger partial charge on any atom is 0.192 e. The van der Waals surface area contributed by atoms with E-state index in [1.807, 2.05) is 35.8 Å². The number of methoxy groups -OCH3 is 1. The highest BCUT2D eigenvalue weighted by Gasteiger charge is 2.22. The third-order valence-corrected chi connectivity index (χ3v) is 5.67. The fourth-order valence-corrected chi connectivity index (χ4v) is 3.93. The van der Waals surface area contributed by atoms with Gasteiger partial charge in [0.15, 0.2) is 16.8 Å². The minimum absolute atomic E-state index is 0.0122. The minimum atomic E-state index is -0.345. The van der Waals surface area contributed by atoms with Crippen LogP contribution in [0, 0.1) is 0 Å². The quantitative estimate of drug-likeness (QED) is 0.356. The van der Waals surface area contributed by atoms with Gasteiger partial charge in [-0.25, -0.2) is 0 Å². The molecule has 146 valence electrons. The summed E-state index contributed by atoms with van der Waals surface area (Å²) in [6, 6.07) is 14.4. The zero-order valence-corrected chi connectivity index (χ0v) is 17.8. The van der Waals surface area contributed by atoms with Crippen molar-refractivity contribution in [3.8, 4) is 11.4 Å². The summed E-state index contributed by atoms with van der Waals surface area (Å²) in [5.74, 6) is 0.695. The van der Waals surface area contributed by atoms with Gasteiger partial charge in [-0.15, -0.1) is 10.2 Å². The highest BCUT2D eigenvalue weighted by Crippen LogP contribution is 2.29. The van der Waals surface area contributed by atoms with Crippen LogP contribution in [0.25, 0.3) is 11.4 Å². The molecule has 1 heterocycles. The molecular formula is C20H19Cl2N3O2S. The van der Waals surface area contributed by atoms with Crippen LogP contribution in [0.5, 0.6) is 0 Å². The first-order valence-corrected chi connectivity index (χ1v) is 10.3. The first kappa shape index (κ1) is 20.9. The summed E-state index contributed by atoms with van der Waals surface area (Å²) in [5, 5.41) is 10.1. The number of Topliss-reactive ketones (excluding diaryl/α,β-unsaturated/α-hetero) is 1. The fourth-order valence-electron chi connectivity index (χ4n) is 2.66. The predicted molar refractivity (Wildman–Crippen MR) is 113 cm³/mol. The fraction of sp³-hybridized carbons (Fsp3) is 0.250. The van der Waals surface area contributed by atoms with Crippen molar-refractivity contribution in [2.45, 2.75) is 23.9 Å². The molecule has 1 aromatic heterocycles. The molecule has 0 spiro atoms. The van der Waals surface area contributed by atoms with Crippen molar-refractivity contribution in [1.29, 1.82) is 0 Å². The van der Waals surface area contributed by atoms with E-state index >= 15 is 0 Å². The van der Waals surface area contributed by atoms with Gasteiger partial charge in [0.05, 0.1) is 18.4 Å². The van der Waals surface area contributed by atoms with Crippen molar-refractivity contribution >= 4 is 40.7 Å². The number of aromatic nitrogens is 3. The molecule has 0 saturated carbocycles. The molecule has 0 unspecified atom stereocenters. The molecule has 0 radical (unpaired) electrons. The first-order valence-electron chi connectivity index (χ1n) is 8.64. The number of carbonyl (C=O) groups is 1. The maximum absolute atomic E-state index is 12.8. The Labute approximate surface area is 178 Å². The van der Waals surface area contributed by atoms with E-state index in [2.05, 4.69) is 10.2 Å². The molecular weight excluding hydrogens is 417 g/mol. The largest absolute Gasteiger partial charge is 0.383 e. The van der Waals surface area contributed by atoms with Gasteiger partial charge < -0.3 is 4.74 Å². The average Bonchev–Trinajstić information content (AvgIpc) is 3.08. The molecule has 0 saturated heterocycles. The van der Waals surface area contributed by atoms with E-state index in [9.17, 15) is 4.79 Å². The number of ketones is 1. The van der Waals surface area contributed by atoms with Crippen LogP contribution in [0.1, 0.15) is 17.3 Å². The van der Waals surface area contributed by atoms with E-state index in [1.165, 1.54) is 11.8 Å². The molecule has 0 aliphatic carbocycles. The molecule has 2 aromatic carbocycles. The van der Waals surface area contributed by atoms with Crippen molar-refractivity contribution in [1.82, 2.24) is 14.8 Å². The van der Waals surface area contributed by atoms with Crippen LogP contribution >= 0.6 is 35.0 Å². The minimum Gasteiger partial charge on any atom is -0.383 e. The van der Waals surface area contributed by atoms with Gasteiger partial charge in [0.2, 0.25) is 0 Å². The monoisotopic (exact) mass is 435 g/mol. The van der Waals surface area contributed by atoms with Gasteiger partial charge in [0.25, 0.3) is 0 Å². The van der Waals surface area contributed by atoms with Gasteiger partial charge in [-0.3, -0.25) is 9.36 Å². The van der Waals surface area contributed by atoms with Gasteiger partial charge in [-0.1, -0.05) is 47.1 Å². The summed E-state index contributed by atoms with van der Waals surface area (Å²) in [6.07, 6.45) is 0. The second-order valence-corrected chi connectivity index (χ2v) is 8.27. The third-order valence-electron chi connectivity index (χ3n) is 4.10. The standard InChI is InChI=1S/C20H19Cl2N3O2S/c1-13(18(26)15-4-3-5-17(22)12-15)28-20-24-23-19(25(20)10-11-27-2)14-6-8-16(21)9-7-14/h3-9,12-13H,10-11H2,1-2H3/t13-/m1/s1. The predicted octanol–water partition coefficient (Wildman–Crippen LogP) is 5.26. The lowest BCUT2D eigenvalue weighted by atomic mass is 10.1. The van der Waals surface area contributed by atoms with E-state index in [0.29, 0.717) is 39.7 Å². The molecule has 5 nitrogen and oxygen atoms in total. The molecule has 0 bridgehead atoms. The summed E-state index contributed by atoms with van der Waals surface area (Å²) >= 11 is 13.4. The second-order valence-electron chi connectivity index (χ2n) is 6.09. The molecule has 0 fully saturated rings. The van der Waals surface area contributed by atoms with Crippen LogP contribution in [-0.4, -0.2) is 39.5 Å². The number of nitrogens with zero attached hydrogens (tertiary/aromatic N) is 3. The highest BCUT2D eigenvalue weighted by atomic mass is 35.5. The van der Waals surface area contributed by atoms with Gasteiger partial charge >= 0.3 is 0 Å². The van der Waals surface area contributed by atoms with Gasteiger partial charge in [-0.05, 0) is 43.3 Å². The van der Waals surface area contributed by atoms with Crippen LogP contribution in [0.4, 0.5) is 0 Å². The number of hydrogen-bond donors (Lipinski definition) is 0. The van der Waals surface area contributed by atoms with E-state index < -0.39 is 0 Å². The van der Waals surface area contributed by atoms with Crippen LogP contribution in [0.15, 0.2) is 53.7 Å². The lowest BCUT2D eigenvalue weighted by molar-refractivity contribution is 0.0994. The topological polar surface area (TPSA) is 57.0 Å². The Balaban J connectivity index is 1.86. The normalized spacial score (nSPS) is 12.1. The maximum atomic E-state index is 12.8. The van der Waals surface area contributed by atoms with Crippen molar-refractivity contribution in [3.05, 3.63) is 64.1 Å². The Morgan fingerprint density at radius 1 is 1.14 bits per heavy atom. The smallest absolute Gasteiger partial charge is 0.192 e. The molecule has 3 rings (SSSR count). The summed E-state index contributed by atoms with van der Waals surface area (Å²) in [6.45, 7) is 2.93.